The number of aromatic amines is 1. The lowest BCUT2D eigenvalue weighted by Crippen LogP contribution is -2.40. The Balaban J connectivity index is 1.73. The Morgan fingerprint density at radius 2 is 1.65 bits per heavy atom. The molecule has 2 N–H and O–H groups in total. The third-order valence-electron chi connectivity index (χ3n) is 5.06. The lowest BCUT2D eigenvalue weighted by Gasteiger charge is -2.33. The van der Waals surface area contributed by atoms with Gasteiger partial charge in [0, 0.05) is 36.1 Å². The molecule has 6 nitrogen and oxygen atoms in total. The van der Waals surface area contributed by atoms with Crippen molar-refractivity contribution in [1.82, 2.24) is 9.88 Å². The predicted octanol–water partition coefficient (Wildman–Crippen LogP) is 3.96. The number of carbonyl (C=O) groups excluding carboxylic acids is 1. The van der Waals surface area contributed by atoms with Crippen molar-refractivity contribution in [2.75, 3.05) is 19.0 Å². The zero-order valence-electron chi connectivity index (χ0n) is 15.9. The molecule has 4 rings (SSSR count). The Kier molecular flexibility index (Phi) is 5.13. The molecule has 31 heavy (non-hydrogen) atoms. The highest BCUT2D eigenvalue weighted by molar-refractivity contribution is 5.91. The molecule has 0 bridgehead atoms. The Morgan fingerprint density at radius 3 is 2.29 bits per heavy atom. The number of fused-ring (bicyclic) bond motifs is 3. The van der Waals surface area contributed by atoms with Gasteiger partial charge < -0.3 is 19.9 Å². The number of hydrogen-bond donors (Lipinski definition) is 2. The highest BCUT2D eigenvalue weighted by Crippen LogP contribution is 2.34. The lowest BCUT2D eigenvalue weighted by atomic mass is 9.95. The van der Waals surface area contributed by atoms with Gasteiger partial charge in [-0.05, 0) is 17.5 Å². The maximum absolute atomic E-state index is 13.9. The average molecular weight is 439 g/mol. The van der Waals surface area contributed by atoms with Gasteiger partial charge in [0.25, 0.3) is 5.56 Å². The summed E-state index contributed by atoms with van der Waals surface area (Å²) in [5, 5.41) is 2.23. The predicted molar refractivity (Wildman–Crippen MR) is 100.0 cm³/mol. The minimum absolute atomic E-state index is 0.0279. The molecular weight excluding hydrogens is 425 g/mol. The molecule has 1 aromatic heterocycles. The molecule has 11 heteroatoms. The molecule has 1 aliphatic rings. The van der Waals surface area contributed by atoms with E-state index in [1.165, 1.54) is 7.05 Å². The van der Waals surface area contributed by atoms with Crippen molar-refractivity contribution in [3.63, 3.8) is 0 Å². The molecule has 3 aromatic rings. The molecule has 0 fully saturated rings. The second-order valence-corrected chi connectivity index (χ2v) is 6.98. The summed E-state index contributed by atoms with van der Waals surface area (Å²) in [5.74, 6) is -7.01. The van der Waals surface area contributed by atoms with Gasteiger partial charge in [-0.3, -0.25) is 4.79 Å². The Hall–Kier alpha value is -3.47. The number of amides is 2. The molecule has 2 amide bonds. The van der Waals surface area contributed by atoms with Crippen LogP contribution in [-0.2, 0) is 11.3 Å². The van der Waals surface area contributed by atoms with Crippen LogP contribution in [-0.4, -0.2) is 29.6 Å². The number of aromatic nitrogens is 1. The molecular formula is C20H14F5N3O3. The standard InChI is InChI=1S/C20H14F5N3O3/c1-28(20(30)26-8-2-13(23)18(25)14(24)3-8)16-7-31-6-15-17(16)9-4-11(21)12(22)5-10(9)19(29)27-15/h2-5,16H,6-7H2,1H3,(H,26,30)(H,27,29)/t16-/m0/s1. The Labute approximate surface area is 171 Å². The molecule has 0 aliphatic carbocycles. The minimum Gasteiger partial charge on any atom is -0.373 e. The Morgan fingerprint density at radius 1 is 1.03 bits per heavy atom. The highest BCUT2D eigenvalue weighted by atomic mass is 19.2. The van der Waals surface area contributed by atoms with Gasteiger partial charge in [-0.1, -0.05) is 0 Å². The van der Waals surface area contributed by atoms with Gasteiger partial charge in [-0.2, -0.15) is 0 Å². The number of anilines is 1. The summed E-state index contributed by atoms with van der Waals surface area (Å²) in [7, 11) is 1.34. The van der Waals surface area contributed by atoms with E-state index in [0.29, 0.717) is 17.7 Å². The van der Waals surface area contributed by atoms with Crippen molar-refractivity contribution in [3.8, 4) is 0 Å². The van der Waals surface area contributed by atoms with Crippen LogP contribution >= 0.6 is 0 Å². The van der Waals surface area contributed by atoms with Crippen molar-refractivity contribution in [2.24, 2.45) is 0 Å². The maximum atomic E-state index is 13.9. The molecule has 0 saturated carbocycles. The molecule has 162 valence electrons. The SMILES string of the molecule is CN(C(=O)Nc1cc(F)c(F)c(F)c1)[C@H]1COCc2[nH]c(=O)c3cc(F)c(F)cc3c21. The summed E-state index contributed by atoms with van der Waals surface area (Å²) in [6, 6.07) is 1.16. The zero-order chi connectivity index (χ0) is 22.4. The number of halogens is 5. The number of carbonyl (C=O) groups is 1. The van der Waals surface area contributed by atoms with Crippen LogP contribution in [0, 0.1) is 29.1 Å². The summed E-state index contributed by atoms with van der Waals surface area (Å²) >= 11 is 0. The molecule has 2 heterocycles. The fourth-order valence-electron chi connectivity index (χ4n) is 3.53. The third kappa shape index (κ3) is 3.61. The molecule has 0 radical (unpaired) electrons. The summed E-state index contributed by atoms with van der Waals surface area (Å²) in [5.41, 5.74) is -0.363. The zero-order valence-corrected chi connectivity index (χ0v) is 15.9. The fourth-order valence-corrected chi connectivity index (χ4v) is 3.53. The van der Waals surface area contributed by atoms with E-state index >= 15 is 0 Å². The van der Waals surface area contributed by atoms with E-state index < -0.39 is 46.7 Å². The summed E-state index contributed by atoms with van der Waals surface area (Å²) in [6.07, 6.45) is 0. The van der Waals surface area contributed by atoms with Crippen LogP contribution in [0.5, 0.6) is 0 Å². The van der Waals surface area contributed by atoms with Gasteiger partial charge in [-0.25, -0.2) is 26.7 Å². The minimum atomic E-state index is -1.68. The number of benzene rings is 2. The first kappa shape index (κ1) is 20.8. The second kappa shape index (κ2) is 7.65. The number of ether oxygens (including phenoxy) is 1. The molecule has 1 atom stereocenters. The van der Waals surface area contributed by atoms with Crippen molar-refractivity contribution < 1.29 is 31.5 Å². The Bertz CT molecular complexity index is 1250. The monoisotopic (exact) mass is 439 g/mol. The van der Waals surface area contributed by atoms with Crippen molar-refractivity contribution in [1.29, 1.82) is 0 Å². The average Bonchev–Trinajstić information content (AvgIpc) is 2.72. The quantitative estimate of drug-likeness (QED) is 0.469. The molecule has 2 aromatic carbocycles. The largest absolute Gasteiger partial charge is 0.373 e. The molecule has 0 spiro atoms. The number of pyridine rings is 1. The van der Waals surface area contributed by atoms with Gasteiger partial charge in [0.1, 0.15) is 0 Å². The van der Waals surface area contributed by atoms with E-state index in [1.807, 2.05) is 0 Å². The van der Waals surface area contributed by atoms with Crippen LogP contribution in [0.2, 0.25) is 0 Å². The van der Waals surface area contributed by atoms with Crippen molar-refractivity contribution >= 4 is 22.5 Å². The number of nitrogens with one attached hydrogen (secondary N) is 2. The van der Waals surface area contributed by atoms with Crippen LogP contribution < -0.4 is 10.9 Å². The van der Waals surface area contributed by atoms with E-state index in [0.717, 1.165) is 17.0 Å². The maximum Gasteiger partial charge on any atom is 0.322 e. The molecule has 0 saturated heterocycles. The van der Waals surface area contributed by atoms with Gasteiger partial charge in [0.15, 0.2) is 29.1 Å². The van der Waals surface area contributed by atoms with E-state index in [1.54, 1.807) is 0 Å². The number of rotatable bonds is 2. The number of H-pyrrole nitrogens is 1. The second-order valence-electron chi connectivity index (χ2n) is 6.98. The third-order valence-corrected chi connectivity index (χ3v) is 5.06. The van der Waals surface area contributed by atoms with Gasteiger partial charge in [-0.15, -0.1) is 0 Å². The van der Waals surface area contributed by atoms with Gasteiger partial charge >= 0.3 is 6.03 Å². The smallest absolute Gasteiger partial charge is 0.322 e. The van der Waals surface area contributed by atoms with Crippen LogP contribution in [0.25, 0.3) is 10.8 Å². The van der Waals surface area contributed by atoms with Gasteiger partial charge in [0.05, 0.1) is 24.6 Å². The number of urea groups is 1. The number of likely N-dealkylation sites (N-methyl/N-ethyl adjacent to an activating group) is 1. The lowest BCUT2D eigenvalue weighted by molar-refractivity contribution is 0.0527. The molecule has 1 aliphatic heterocycles. The molecule has 0 unspecified atom stereocenters. The normalized spacial score (nSPS) is 15.6. The van der Waals surface area contributed by atoms with Crippen LogP contribution in [0.1, 0.15) is 17.3 Å². The summed E-state index contributed by atoms with van der Waals surface area (Å²) < 4.78 is 73.0. The van der Waals surface area contributed by atoms with Crippen LogP contribution in [0.3, 0.4) is 0 Å². The topological polar surface area (TPSA) is 74.4 Å². The van der Waals surface area contributed by atoms with Crippen LogP contribution in [0.4, 0.5) is 32.4 Å². The van der Waals surface area contributed by atoms with E-state index in [4.69, 9.17) is 4.74 Å². The fraction of sp³-hybridized carbons (Fsp3) is 0.200. The van der Waals surface area contributed by atoms with E-state index in [2.05, 4.69) is 10.3 Å². The summed E-state index contributed by atoms with van der Waals surface area (Å²) in [4.78, 5) is 28.6. The summed E-state index contributed by atoms with van der Waals surface area (Å²) in [6.45, 7) is -0.0803. The highest BCUT2D eigenvalue weighted by Gasteiger charge is 2.31. The first-order valence-corrected chi connectivity index (χ1v) is 8.97. The number of hydrogen-bond acceptors (Lipinski definition) is 3. The van der Waals surface area contributed by atoms with Gasteiger partial charge in [0.2, 0.25) is 0 Å². The first-order chi connectivity index (χ1) is 14.7. The van der Waals surface area contributed by atoms with E-state index in [-0.39, 0.29) is 35.4 Å². The van der Waals surface area contributed by atoms with E-state index in [9.17, 15) is 31.5 Å². The van der Waals surface area contributed by atoms with Crippen molar-refractivity contribution in [3.05, 3.63) is 75.0 Å². The van der Waals surface area contributed by atoms with Crippen LogP contribution in [0.15, 0.2) is 29.1 Å². The van der Waals surface area contributed by atoms with Crippen molar-refractivity contribution in [2.45, 2.75) is 12.6 Å². The first-order valence-electron chi connectivity index (χ1n) is 8.97. The number of nitrogens with zero attached hydrogens (tertiary/aromatic N) is 1.